The highest BCUT2D eigenvalue weighted by atomic mass is 16.6. The van der Waals surface area contributed by atoms with Crippen LogP contribution in [0.1, 0.15) is 19.8 Å². The standard InChI is InChI=1S/C13H17N3O3/c1-2-3-11-9-14-6-7-15(11)12-5-4-10(16(18)19)8-13(12)17/h4-5,8-9,14,17H,2-3,6-7H2,1H3. The molecule has 0 aliphatic carbocycles. The van der Waals surface area contributed by atoms with E-state index >= 15 is 0 Å². The molecular weight excluding hydrogens is 246 g/mol. The molecule has 2 rings (SSSR count). The number of hydrogen-bond donors (Lipinski definition) is 2. The Bertz CT molecular complexity index is 514. The summed E-state index contributed by atoms with van der Waals surface area (Å²) in [5.74, 6) is -0.0573. The minimum Gasteiger partial charge on any atom is -0.505 e. The fourth-order valence-corrected chi connectivity index (χ4v) is 2.18. The highest BCUT2D eigenvalue weighted by Crippen LogP contribution is 2.34. The van der Waals surface area contributed by atoms with Crippen LogP contribution in [0, 0.1) is 10.1 Å². The smallest absolute Gasteiger partial charge is 0.273 e. The van der Waals surface area contributed by atoms with Crippen molar-refractivity contribution in [2.45, 2.75) is 19.8 Å². The Labute approximate surface area is 111 Å². The lowest BCUT2D eigenvalue weighted by molar-refractivity contribution is -0.384. The molecule has 2 N–H and O–H groups in total. The van der Waals surface area contributed by atoms with Crippen LogP contribution in [-0.2, 0) is 0 Å². The van der Waals surface area contributed by atoms with Crippen molar-refractivity contribution in [3.63, 3.8) is 0 Å². The molecule has 1 aliphatic rings. The van der Waals surface area contributed by atoms with Crippen molar-refractivity contribution in [1.29, 1.82) is 0 Å². The van der Waals surface area contributed by atoms with E-state index in [1.54, 1.807) is 6.07 Å². The SMILES string of the molecule is CCCC1=CNCCN1c1ccc([N+](=O)[O-])cc1O. The molecule has 0 radical (unpaired) electrons. The van der Waals surface area contributed by atoms with Gasteiger partial charge >= 0.3 is 0 Å². The Morgan fingerprint density at radius 1 is 1.53 bits per heavy atom. The van der Waals surface area contributed by atoms with Crippen LogP contribution < -0.4 is 10.2 Å². The van der Waals surface area contributed by atoms with Gasteiger partial charge in [-0.1, -0.05) is 13.3 Å². The molecule has 19 heavy (non-hydrogen) atoms. The summed E-state index contributed by atoms with van der Waals surface area (Å²) < 4.78 is 0. The molecule has 1 aromatic carbocycles. The van der Waals surface area contributed by atoms with Crippen molar-refractivity contribution in [2.75, 3.05) is 18.0 Å². The van der Waals surface area contributed by atoms with Crippen LogP contribution in [0.15, 0.2) is 30.1 Å². The van der Waals surface area contributed by atoms with Crippen molar-refractivity contribution >= 4 is 11.4 Å². The monoisotopic (exact) mass is 263 g/mol. The molecule has 0 spiro atoms. The van der Waals surface area contributed by atoms with Gasteiger partial charge in [0.15, 0.2) is 0 Å². The molecule has 0 saturated heterocycles. The fraction of sp³-hybridized carbons (Fsp3) is 0.385. The summed E-state index contributed by atoms with van der Waals surface area (Å²) in [6.07, 6.45) is 3.83. The van der Waals surface area contributed by atoms with Gasteiger partial charge in [0.1, 0.15) is 5.75 Å². The van der Waals surface area contributed by atoms with Gasteiger partial charge in [0, 0.05) is 31.1 Å². The number of nitro groups is 1. The Morgan fingerprint density at radius 3 is 2.95 bits per heavy atom. The summed E-state index contributed by atoms with van der Waals surface area (Å²) in [5, 5.41) is 23.8. The zero-order valence-electron chi connectivity index (χ0n) is 10.8. The first-order valence-corrected chi connectivity index (χ1v) is 6.31. The van der Waals surface area contributed by atoms with E-state index in [0.29, 0.717) is 5.69 Å². The number of allylic oxidation sites excluding steroid dienone is 1. The zero-order chi connectivity index (χ0) is 13.8. The third kappa shape index (κ3) is 2.78. The number of phenols is 1. The van der Waals surface area contributed by atoms with Gasteiger partial charge in [0.05, 0.1) is 16.7 Å². The van der Waals surface area contributed by atoms with Crippen LogP contribution in [0.4, 0.5) is 11.4 Å². The molecule has 0 saturated carbocycles. The van der Waals surface area contributed by atoms with E-state index in [4.69, 9.17) is 0 Å². The molecule has 0 atom stereocenters. The highest BCUT2D eigenvalue weighted by molar-refractivity contribution is 5.65. The number of hydrogen-bond acceptors (Lipinski definition) is 5. The van der Waals surface area contributed by atoms with E-state index in [-0.39, 0.29) is 11.4 Å². The quantitative estimate of drug-likeness (QED) is 0.644. The van der Waals surface area contributed by atoms with Gasteiger partial charge < -0.3 is 15.3 Å². The third-order valence-corrected chi connectivity index (χ3v) is 3.06. The second-order valence-electron chi connectivity index (χ2n) is 4.42. The lowest BCUT2D eigenvalue weighted by atomic mass is 10.1. The van der Waals surface area contributed by atoms with Crippen LogP contribution in [0.25, 0.3) is 0 Å². The van der Waals surface area contributed by atoms with Crippen molar-refractivity contribution in [3.05, 3.63) is 40.2 Å². The predicted molar refractivity (Wildman–Crippen MR) is 73.1 cm³/mol. The van der Waals surface area contributed by atoms with Gasteiger partial charge in [-0.05, 0) is 12.5 Å². The highest BCUT2D eigenvalue weighted by Gasteiger charge is 2.19. The molecule has 102 valence electrons. The van der Waals surface area contributed by atoms with E-state index in [2.05, 4.69) is 12.2 Å². The number of nitrogens with one attached hydrogen (secondary N) is 1. The first-order valence-electron chi connectivity index (χ1n) is 6.31. The fourth-order valence-electron chi connectivity index (χ4n) is 2.18. The maximum Gasteiger partial charge on any atom is 0.273 e. The van der Waals surface area contributed by atoms with Crippen molar-refractivity contribution in [1.82, 2.24) is 5.32 Å². The Morgan fingerprint density at radius 2 is 2.32 bits per heavy atom. The second-order valence-corrected chi connectivity index (χ2v) is 4.42. The summed E-state index contributed by atoms with van der Waals surface area (Å²) in [7, 11) is 0. The minimum absolute atomic E-state index is 0.0573. The Hall–Kier alpha value is -2.24. The van der Waals surface area contributed by atoms with Gasteiger partial charge in [-0.2, -0.15) is 0 Å². The molecule has 6 nitrogen and oxygen atoms in total. The van der Waals surface area contributed by atoms with Crippen LogP contribution in [0.5, 0.6) is 5.75 Å². The number of nitrogens with zero attached hydrogens (tertiary/aromatic N) is 2. The summed E-state index contributed by atoms with van der Waals surface area (Å²) in [5.41, 5.74) is 1.60. The van der Waals surface area contributed by atoms with Gasteiger partial charge in [-0.15, -0.1) is 0 Å². The molecule has 0 aromatic heterocycles. The van der Waals surface area contributed by atoms with E-state index < -0.39 is 4.92 Å². The summed E-state index contributed by atoms with van der Waals surface area (Å²) in [4.78, 5) is 12.2. The number of non-ortho nitro benzene ring substituents is 1. The summed E-state index contributed by atoms with van der Waals surface area (Å²) in [6.45, 7) is 3.60. The third-order valence-electron chi connectivity index (χ3n) is 3.06. The lowest BCUT2D eigenvalue weighted by Gasteiger charge is -2.31. The first-order chi connectivity index (χ1) is 9.13. The summed E-state index contributed by atoms with van der Waals surface area (Å²) >= 11 is 0. The van der Waals surface area contributed by atoms with Crippen molar-refractivity contribution in [3.8, 4) is 5.75 Å². The maximum absolute atomic E-state index is 10.7. The normalized spacial score (nSPS) is 14.8. The number of aromatic hydroxyl groups is 1. The van der Waals surface area contributed by atoms with E-state index in [1.807, 2.05) is 11.1 Å². The Kier molecular flexibility index (Phi) is 3.89. The number of nitro benzene ring substituents is 1. The van der Waals surface area contributed by atoms with Crippen molar-refractivity contribution in [2.24, 2.45) is 0 Å². The van der Waals surface area contributed by atoms with Gasteiger partial charge in [0.25, 0.3) is 5.69 Å². The van der Waals surface area contributed by atoms with Crippen LogP contribution >= 0.6 is 0 Å². The predicted octanol–water partition coefficient (Wildman–Crippen LogP) is 2.35. The molecule has 1 heterocycles. The maximum atomic E-state index is 10.7. The molecule has 0 bridgehead atoms. The van der Waals surface area contributed by atoms with Crippen LogP contribution in [0.2, 0.25) is 0 Å². The zero-order valence-corrected chi connectivity index (χ0v) is 10.8. The largest absolute Gasteiger partial charge is 0.505 e. The van der Waals surface area contributed by atoms with Gasteiger partial charge in [-0.25, -0.2) is 0 Å². The Balaban J connectivity index is 2.32. The second kappa shape index (κ2) is 5.60. The number of phenolic OH excluding ortho intramolecular Hbond substituents is 1. The topological polar surface area (TPSA) is 78.6 Å². The van der Waals surface area contributed by atoms with Crippen LogP contribution in [0.3, 0.4) is 0 Å². The molecule has 1 aromatic rings. The number of rotatable bonds is 4. The number of anilines is 1. The molecule has 0 fully saturated rings. The molecule has 0 unspecified atom stereocenters. The molecule has 0 amide bonds. The molecule has 6 heteroatoms. The van der Waals surface area contributed by atoms with Gasteiger partial charge in [0.2, 0.25) is 0 Å². The molecular formula is C13H17N3O3. The average molecular weight is 263 g/mol. The van der Waals surface area contributed by atoms with E-state index in [0.717, 1.165) is 31.6 Å². The van der Waals surface area contributed by atoms with E-state index in [9.17, 15) is 15.2 Å². The van der Waals surface area contributed by atoms with Gasteiger partial charge in [-0.3, -0.25) is 10.1 Å². The van der Waals surface area contributed by atoms with Crippen LogP contribution in [-0.4, -0.2) is 23.1 Å². The summed E-state index contributed by atoms with van der Waals surface area (Å²) in [6, 6.07) is 4.21. The molecule has 1 aliphatic heterocycles. The lowest BCUT2D eigenvalue weighted by Crippen LogP contribution is -2.35. The first kappa shape index (κ1) is 13.2. The number of benzene rings is 1. The average Bonchev–Trinajstić information content (AvgIpc) is 2.40. The van der Waals surface area contributed by atoms with E-state index in [1.165, 1.54) is 12.1 Å². The minimum atomic E-state index is -0.510. The van der Waals surface area contributed by atoms with Crippen molar-refractivity contribution < 1.29 is 10.0 Å².